The fourth-order valence-electron chi connectivity index (χ4n) is 3.56. The fraction of sp³-hybridized carbons (Fsp3) is 0.556. The molecular formula is C18H25IN4O2S. The first-order valence-electron chi connectivity index (χ1n) is 8.87. The van der Waals surface area contributed by atoms with E-state index in [9.17, 15) is 0 Å². The lowest BCUT2D eigenvalue weighted by Crippen LogP contribution is -2.41. The Labute approximate surface area is 175 Å². The molecule has 1 spiro atoms. The van der Waals surface area contributed by atoms with Gasteiger partial charge in [-0.2, -0.15) is 0 Å². The highest BCUT2D eigenvalue weighted by atomic mass is 127. The maximum absolute atomic E-state index is 5.63. The van der Waals surface area contributed by atoms with Crippen molar-refractivity contribution >= 4 is 41.3 Å². The van der Waals surface area contributed by atoms with E-state index in [-0.39, 0.29) is 24.0 Å². The third-order valence-corrected chi connectivity index (χ3v) is 5.79. The highest BCUT2D eigenvalue weighted by molar-refractivity contribution is 14.0. The second kappa shape index (κ2) is 8.71. The summed E-state index contributed by atoms with van der Waals surface area (Å²) in [6.07, 6.45) is 4.05. The molecule has 2 aromatic heterocycles. The predicted octanol–water partition coefficient (Wildman–Crippen LogP) is 3.60. The summed E-state index contributed by atoms with van der Waals surface area (Å²) in [5, 5.41) is 5.44. The van der Waals surface area contributed by atoms with Gasteiger partial charge in [-0.1, -0.05) is 6.07 Å². The standard InChI is InChI=1S/C18H24N4O2S.HI/c1-2-19-17(22-7-5-18(12-22)6-8-23-13-18)20-10-14-11-24-16(21-14)15-4-3-9-25-15;/h3-4,9,11H,2,5-8,10,12-13H2,1H3,(H,19,20);1H. The Morgan fingerprint density at radius 3 is 3.12 bits per heavy atom. The number of halogens is 1. The number of hydrogen-bond acceptors (Lipinski definition) is 5. The van der Waals surface area contributed by atoms with Crippen LogP contribution in [-0.4, -0.2) is 48.7 Å². The third kappa shape index (κ3) is 4.23. The lowest BCUT2D eigenvalue weighted by Gasteiger charge is -2.24. The monoisotopic (exact) mass is 488 g/mol. The molecule has 0 saturated carbocycles. The van der Waals surface area contributed by atoms with Crippen LogP contribution in [0.15, 0.2) is 33.2 Å². The summed E-state index contributed by atoms with van der Waals surface area (Å²) in [4.78, 5) is 12.7. The molecule has 1 N–H and O–H groups in total. The van der Waals surface area contributed by atoms with Crippen LogP contribution in [0.1, 0.15) is 25.5 Å². The zero-order valence-corrected chi connectivity index (χ0v) is 18.1. The van der Waals surface area contributed by atoms with Crippen molar-refractivity contribution in [3.8, 4) is 10.8 Å². The fourth-order valence-corrected chi connectivity index (χ4v) is 4.22. The number of likely N-dealkylation sites (tertiary alicyclic amines) is 1. The maximum atomic E-state index is 5.63. The number of guanidine groups is 1. The van der Waals surface area contributed by atoms with E-state index in [4.69, 9.17) is 14.1 Å². The number of nitrogens with zero attached hydrogens (tertiary/aromatic N) is 3. The minimum atomic E-state index is 0. The van der Waals surface area contributed by atoms with Gasteiger partial charge in [-0.05, 0) is 31.2 Å². The van der Waals surface area contributed by atoms with Gasteiger partial charge in [0.15, 0.2) is 5.96 Å². The van der Waals surface area contributed by atoms with E-state index in [2.05, 4.69) is 22.1 Å². The van der Waals surface area contributed by atoms with Crippen molar-refractivity contribution in [3.63, 3.8) is 0 Å². The summed E-state index contributed by atoms with van der Waals surface area (Å²) in [5.41, 5.74) is 1.19. The smallest absolute Gasteiger partial charge is 0.236 e. The van der Waals surface area contributed by atoms with E-state index in [0.717, 1.165) is 55.8 Å². The Hall–Kier alpha value is -1.13. The van der Waals surface area contributed by atoms with Gasteiger partial charge in [0.25, 0.3) is 0 Å². The van der Waals surface area contributed by atoms with Gasteiger partial charge in [0, 0.05) is 31.7 Å². The average molecular weight is 488 g/mol. The minimum absolute atomic E-state index is 0. The SMILES string of the molecule is CCNC(=NCc1coc(-c2cccs2)n1)N1CCC2(CCOC2)C1.I. The molecule has 2 aromatic rings. The topological polar surface area (TPSA) is 62.9 Å². The number of ether oxygens (including phenoxy) is 1. The molecule has 26 heavy (non-hydrogen) atoms. The van der Waals surface area contributed by atoms with Crippen molar-refractivity contribution in [1.82, 2.24) is 15.2 Å². The van der Waals surface area contributed by atoms with Gasteiger partial charge in [0.05, 0.1) is 18.0 Å². The van der Waals surface area contributed by atoms with E-state index < -0.39 is 0 Å². The Balaban J connectivity index is 0.00000196. The Kier molecular flexibility index (Phi) is 6.57. The molecule has 2 fully saturated rings. The molecule has 2 aliphatic rings. The van der Waals surface area contributed by atoms with Crippen molar-refractivity contribution in [2.45, 2.75) is 26.3 Å². The summed E-state index contributed by atoms with van der Waals surface area (Å²) in [6, 6.07) is 4.02. The number of nitrogens with one attached hydrogen (secondary N) is 1. The molecule has 8 heteroatoms. The first-order valence-corrected chi connectivity index (χ1v) is 9.75. The molecule has 0 aromatic carbocycles. The number of hydrogen-bond donors (Lipinski definition) is 1. The van der Waals surface area contributed by atoms with Crippen LogP contribution >= 0.6 is 35.3 Å². The first kappa shape index (κ1) is 19.6. The molecule has 6 nitrogen and oxygen atoms in total. The van der Waals surface area contributed by atoms with E-state index in [1.807, 2.05) is 17.5 Å². The maximum Gasteiger partial charge on any atom is 0.236 e. The van der Waals surface area contributed by atoms with Gasteiger partial charge in [-0.15, -0.1) is 35.3 Å². The number of aliphatic imine (C=N–C) groups is 1. The second-order valence-corrected chi connectivity index (χ2v) is 7.71. The van der Waals surface area contributed by atoms with E-state index in [1.165, 1.54) is 6.42 Å². The van der Waals surface area contributed by atoms with E-state index in [0.29, 0.717) is 17.9 Å². The van der Waals surface area contributed by atoms with Gasteiger partial charge >= 0.3 is 0 Å². The van der Waals surface area contributed by atoms with Crippen LogP contribution in [0.25, 0.3) is 10.8 Å². The number of thiophene rings is 1. The molecular weight excluding hydrogens is 463 g/mol. The summed E-state index contributed by atoms with van der Waals surface area (Å²) in [6.45, 7) is 7.33. The van der Waals surface area contributed by atoms with Crippen molar-refractivity contribution in [2.24, 2.45) is 10.4 Å². The molecule has 1 atom stereocenters. The van der Waals surface area contributed by atoms with Crippen molar-refractivity contribution < 1.29 is 9.15 Å². The van der Waals surface area contributed by atoms with E-state index >= 15 is 0 Å². The predicted molar refractivity (Wildman–Crippen MR) is 114 cm³/mol. The Morgan fingerprint density at radius 2 is 2.38 bits per heavy atom. The molecule has 4 rings (SSSR count). The van der Waals surface area contributed by atoms with Crippen molar-refractivity contribution in [2.75, 3.05) is 32.8 Å². The number of oxazole rings is 1. The average Bonchev–Trinajstić information content (AvgIpc) is 3.40. The van der Waals surface area contributed by atoms with Gasteiger partial charge in [-0.25, -0.2) is 9.98 Å². The lowest BCUT2D eigenvalue weighted by molar-refractivity contribution is 0.156. The molecule has 2 aliphatic heterocycles. The van der Waals surface area contributed by atoms with Crippen LogP contribution in [-0.2, 0) is 11.3 Å². The van der Waals surface area contributed by atoms with Crippen molar-refractivity contribution in [3.05, 3.63) is 29.5 Å². The molecule has 4 heterocycles. The van der Waals surface area contributed by atoms with Crippen molar-refractivity contribution in [1.29, 1.82) is 0 Å². The van der Waals surface area contributed by atoms with Gasteiger partial charge < -0.3 is 19.4 Å². The second-order valence-electron chi connectivity index (χ2n) is 6.77. The normalized spacial score (nSPS) is 22.8. The summed E-state index contributed by atoms with van der Waals surface area (Å²) < 4.78 is 11.2. The van der Waals surface area contributed by atoms with Crippen LogP contribution in [0, 0.1) is 5.41 Å². The molecule has 0 aliphatic carbocycles. The lowest BCUT2D eigenvalue weighted by atomic mass is 9.87. The summed E-state index contributed by atoms with van der Waals surface area (Å²) >= 11 is 1.63. The van der Waals surface area contributed by atoms with Gasteiger partial charge in [0.2, 0.25) is 5.89 Å². The molecule has 142 valence electrons. The molecule has 0 radical (unpaired) electrons. The number of rotatable bonds is 4. The zero-order chi connectivity index (χ0) is 17.1. The molecule has 1 unspecified atom stereocenters. The summed E-state index contributed by atoms with van der Waals surface area (Å²) in [7, 11) is 0. The van der Waals surface area contributed by atoms with Gasteiger partial charge in [-0.3, -0.25) is 0 Å². The molecule has 0 bridgehead atoms. The minimum Gasteiger partial charge on any atom is -0.443 e. The molecule has 2 saturated heterocycles. The Bertz CT molecular complexity index is 725. The molecule has 0 amide bonds. The van der Waals surface area contributed by atoms with Crippen LogP contribution in [0.2, 0.25) is 0 Å². The van der Waals surface area contributed by atoms with Crippen LogP contribution in [0.5, 0.6) is 0 Å². The van der Waals surface area contributed by atoms with Gasteiger partial charge in [0.1, 0.15) is 12.0 Å². The van der Waals surface area contributed by atoms with Crippen LogP contribution in [0.4, 0.5) is 0 Å². The van der Waals surface area contributed by atoms with E-state index in [1.54, 1.807) is 17.6 Å². The first-order chi connectivity index (χ1) is 12.3. The zero-order valence-electron chi connectivity index (χ0n) is 14.9. The largest absolute Gasteiger partial charge is 0.443 e. The quantitative estimate of drug-likeness (QED) is 0.405. The summed E-state index contributed by atoms with van der Waals surface area (Å²) in [5.74, 6) is 1.64. The third-order valence-electron chi connectivity index (χ3n) is 4.93. The van der Waals surface area contributed by atoms with Crippen LogP contribution in [0.3, 0.4) is 0 Å². The highest BCUT2D eigenvalue weighted by Crippen LogP contribution is 2.38. The number of aromatic nitrogens is 1. The Morgan fingerprint density at radius 1 is 1.46 bits per heavy atom. The highest BCUT2D eigenvalue weighted by Gasteiger charge is 2.42. The van der Waals surface area contributed by atoms with Crippen LogP contribution < -0.4 is 5.32 Å².